The van der Waals surface area contributed by atoms with Crippen LogP contribution in [0.25, 0.3) is 0 Å². The Labute approximate surface area is 121 Å². The smallest absolute Gasteiger partial charge is 0.142 e. The quantitative estimate of drug-likeness (QED) is 0.835. The molecular weight excluding hydrogens is 246 g/mol. The molecule has 2 aromatic carbocycles. The molecule has 1 N–H and O–H groups in total. The second-order valence-corrected chi connectivity index (χ2v) is 5.22. The van der Waals surface area contributed by atoms with Crippen LogP contribution in [-0.2, 0) is 0 Å². The van der Waals surface area contributed by atoms with Crippen molar-refractivity contribution in [1.29, 1.82) is 0 Å². The molecule has 0 amide bonds. The van der Waals surface area contributed by atoms with E-state index in [1.54, 1.807) is 7.11 Å². The highest BCUT2D eigenvalue weighted by molar-refractivity contribution is 5.58. The molecule has 2 aromatic rings. The third-order valence-corrected chi connectivity index (χ3v) is 3.57. The molecule has 0 saturated carbocycles. The third kappa shape index (κ3) is 3.32. The zero-order chi connectivity index (χ0) is 14.5. The summed E-state index contributed by atoms with van der Waals surface area (Å²) in [5.74, 6) is 0.899. The van der Waals surface area contributed by atoms with Gasteiger partial charge in [0.05, 0.1) is 18.8 Å². The molecule has 1 atom stereocenters. The van der Waals surface area contributed by atoms with E-state index < -0.39 is 0 Å². The van der Waals surface area contributed by atoms with Crippen LogP contribution in [0.5, 0.6) is 5.75 Å². The largest absolute Gasteiger partial charge is 0.495 e. The summed E-state index contributed by atoms with van der Waals surface area (Å²) >= 11 is 0. The van der Waals surface area contributed by atoms with Crippen LogP contribution in [0.2, 0.25) is 0 Å². The minimum absolute atomic E-state index is 0.298. The van der Waals surface area contributed by atoms with E-state index in [0.717, 1.165) is 17.9 Å². The van der Waals surface area contributed by atoms with Crippen molar-refractivity contribution in [2.24, 2.45) is 0 Å². The van der Waals surface area contributed by atoms with Crippen molar-refractivity contribution in [3.8, 4) is 5.75 Å². The molecule has 0 aliphatic carbocycles. The van der Waals surface area contributed by atoms with E-state index in [-0.39, 0.29) is 0 Å². The Morgan fingerprint density at radius 3 is 2.25 bits per heavy atom. The first-order chi connectivity index (χ1) is 9.63. The summed E-state index contributed by atoms with van der Waals surface area (Å²) in [5, 5.41) is 3.59. The van der Waals surface area contributed by atoms with Crippen molar-refractivity contribution in [1.82, 2.24) is 0 Å². The summed E-state index contributed by atoms with van der Waals surface area (Å²) in [6.07, 6.45) is 1.03. The molecular formula is C18H23NO. The maximum Gasteiger partial charge on any atom is 0.142 e. The van der Waals surface area contributed by atoms with Gasteiger partial charge in [-0.2, -0.15) is 0 Å². The van der Waals surface area contributed by atoms with Crippen molar-refractivity contribution < 1.29 is 4.74 Å². The van der Waals surface area contributed by atoms with Gasteiger partial charge < -0.3 is 10.1 Å². The van der Waals surface area contributed by atoms with E-state index in [1.165, 1.54) is 16.7 Å². The summed E-state index contributed by atoms with van der Waals surface area (Å²) in [4.78, 5) is 0. The zero-order valence-electron chi connectivity index (χ0n) is 12.7. The first-order valence-corrected chi connectivity index (χ1v) is 7.11. The van der Waals surface area contributed by atoms with Crippen LogP contribution in [0.1, 0.15) is 36.1 Å². The molecule has 0 bridgehead atoms. The van der Waals surface area contributed by atoms with Crippen molar-refractivity contribution in [3.63, 3.8) is 0 Å². The number of anilines is 1. The highest BCUT2D eigenvalue weighted by Gasteiger charge is 2.11. The fraction of sp³-hybridized carbons (Fsp3) is 0.333. The van der Waals surface area contributed by atoms with Crippen LogP contribution in [0.15, 0.2) is 42.5 Å². The van der Waals surface area contributed by atoms with Gasteiger partial charge in [0.25, 0.3) is 0 Å². The predicted molar refractivity (Wildman–Crippen MR) is 85.6 cm³/mol. The molecule has 2 nitrogen and oxygen atoms in total. The third-order valence-electron chi connectivity index (χ3n) is 3.57. The van der Waals surface area contributed by atoms with Gasteiger partial charge in [0.2, 0.25) is 0 Å². The van der Waals surface area contributed by atoms with Crippen LogP contribution in [0.3, 0.4) is 0 Å². The molecule has 0 fully saturated rings. The lowest BCUT2D eigenvalue weighted by atomic mass is 10.0. The first-order valence-electron chi connectivity index (χ1n) is 7.11. The molecule has 0 radical (unpaired) electrons. The molecule has 2 heteroatoms. The predicted octanol–water partition coefficient (Wildman–Crippen LogP) is 4.88. The minimum Gasteiger partial charge on any atom is -0.495 e. The molecule has 106 valence electrons. The summed E-state index contributed by atoms with van der Waals surface area (Å²) < 4.78 is 5.46. The number of rotatable bonds is 5. The Morgan fingerprint density at radius 2 is 1.65 bits per heavy atom. The van der Waals surface area contributed by atoms with Crippen molar-refractivity contribution in [3.05, 3.63) is 59.2 Å². The Balaban J connectivity index is 2.24. The summed E-state index contributed by atoms with van der Waals surface area (Å²) in [6.45, 7) is 6.38. The Kier molecular flexibility index (Phi) is 4.67. The maximum atomic E-state index is 5.46. The van der Waals surface area contributed by atoms with E-state index in [1.807, 2.05) is 0 Å². The van der Waals surface area contributed by atoms with Crippen LogP contribution in [-0.4, -0.2) is 7.11 Å². The van der Waals surface area contributed by atoms with Crippen LogP contribution >= 0.6 is 0 Å². The normalized spacial score (nSPS) is 12.0. The average molecular weight is 269 g/mol. The molecule has 2 rings (SSSR count). The Morgan fingerprint density at radius 1 is 1.00 bits per heavy atom. The number of nitrogens with one attached hydrogen (secondary N) is 1. The molecule has 0 aliphatic heterocycles. The lowest BCUT2D eigenvalue weighted by Crippen LogP contribution is -2.10. The minimum atomic E-state index is 0.298. The molecule has 0 saturated heterocycles. The Bertz CT molecular complexity index is 560. The molecule has 20 heavy (non-hydrogen) atoms. The molecule has 0 spiro atoms. The number of benzene rings is 2. The number of ether oxygens (including phenoxy) is 1. The van der Waals surface area contributed by atoms with Crippen LogP contribution in [0, 0.1) is 13.8 Å². The number of aryl methyl sites for hydroxylation is 2. The van der Waals surface area contributed by atoms with Crippen molar-refractivity contribution >= 4 is 5.69 Å². The lowest BCUT2D eigenvalue weighted by molar-refractivity contribution is 0.415. The molecule has 0 heterocycles. The van der Waals surface area contributed by atoms with Gasteiger partial charge in [0, 0.05) is 0 Å². The highest BCUT2D eigenvalue weighted by Crippen LogP contribution is 2.30. The van der Waals surface area contributed by atoms with Gasteiger partial charge in [0.15, 0.2) is 0 Å². The first kappa shape index (κ1) is 14.4. The molecule has 0 aliphatic rings. The topological polar surface area (TPSA) is 21.3 Å². The van der Waals surface area contributed by atoms with E-state index >= 15 is 0 Å². The van der Waals surface area contributed by atoms with Crippen molar-refractivity contribution in [2.45, 2.75) is 33.2 Å². The van der Waals surface area contributed by atoms with Gasteiger partial charge >= 0.3 is 0 Å². The summed E-state index contributed by atoms with van der Waals surface area (Å²) in [7, 11) is 1.72. The fourth-order valence-electron chi connectivity index (χ4n) is 2.33. The molecule has 0 aromatic heterocycles. The van der Waals surface area contributed by atoms with Gasteiger partial charge in [-0.05, 0) is 43.5 Å². The van der Waals surface area contributed by atoms with E-state index in [4.69, 9.17) is 4.74 Å². The number of methoxy groups -OCH3 is 1. The second-order valence-electron chi connectivity index (χ2n) is 5.22. The van der Waals surface area contributed by atoms with Crippen LogP contribution < -0.4 is 10.1 Å². The Hall–Kier alpha value is -1.96. The van der Waals surface area contributed by atoms with Crippen LogP contribution in [0.4, 0.5) is 5.69 Å². The number of hydrogen-bond donors (Lipinski definition) is 1. The van der Waals surface area contributed by atoms with Gasteiger partial charge in [-0.15, -0.1) is 0 Å². The number of hydrogen-bond acceptors (Lipinski definition) is 2. The summed E-state index contributed by atoms with van der Waals surface area (Å²) in [5.41, 5.74) is 4.85. The zero-order valence-corrected chi connectivity index (χ0v) is 12.7. The summed E-state index contributed by atoms with van der Waals surface area (Å²) in [6, 6.07) is 15.3. The van der Waals surface area contributed by atoms with E-state index in [2.05, 4.69) is 68.6 Å². The van der Waals surface area contributed by atoms with Gasteiger partial charge in [-0.25, -0.2) is 0 Å². The van der Waals surface area contributed by atoms with Gasteiger partial charge in [-0.3, -0.25) is 0 Å². The molecule has 1 unspecified atom stereocenters. The van der Waals surface area contributed by atoms with E-state index in [0.29, 0.717) is 6.04 Å². The van der Waals surface area contributed by atoms with E-state index in [9.17, 15) is 0 Å². The standard InChI is InChI=1S/C18H23NO/c1-5-16(15-9-6-13(2)7-10-15)19-17-11-8-14(3)12-18(17)20-4/h6-12,16,19H,5H2,1-4H3. The van der Waals surface area contributed by atoms with Gasteiger partial charge in [-0.1, -0.05) is 42.8 Å². The fourth-order valence-corrected chi connectivity index (χ4v) is 2.33. The van der Waals surface area contributed by atoms with Crippen molar-refractivity contribution in [2.75, 3.05) is 12.4 Å². The van der Waals surface area contributed by atoms with Gasteiger partial charge in [0.1, 0.15) is 5.75 Å². The average Bonchev–Trinajstić information content (AvgIpc) is 2.47. The maximum absolute atomic E-state index is 5.46. The highest BCUT2D eigenvalue weighted by atomic mass is 16.5. The SMILES string of the molecule is CCC(Nc1ccc(C)cc1OC)c1ccc(C)cc1. The second kappa shape index (κ2) is 6.47. The lowest BCUT2D eigenvalue weighted by Gasteiger charge is -2.21. The monoisotopic (exact) mass is 269 g/mol.